The average Bonchev–Trinajstić information content (AvgIpc) is 2.43. The molecule has 0 atom stereocenters. The van der Waals surface area contributed by atoms with Crippen molar-refractivity contribution in [1.29, 1.82) is 0 Å². The summed E-state index contributed by atoms with van der Waals surface area (Å²) in [5.41, 5.74) is 1.24. The van der Waals surface area contributed by atoms with E-state index in [4.69, 9.17) is 4.74 Å². The van der Waals surface area contributed by atoms with Gasteiger partial charge >= 0.3 is 0 Å². The third-order valence-corrected chi connectivity index (χ3v) is 4.21. The Morgan fingerprint density at radius 2 is 1.67 bits per heavy atom. The Labute approximate surface area is 143 Å². The number of halogens is 2. The lowest BCUT2D eigenvalue weighted by Crippen LogP contribution is -2.19. The highest BCUT2D eigenvalue weighted by molar-refractivity contribution is 9.10. The van der Waals surface area contributed by atoms with Crippen LogP contribution in [0, 0.1) is 5.92 Å². The highest BCUT2D eigenvalue weighted by Crippen LogP contribution is 2.28. The van der Waals surface area contributed by atoms with E-state index < -0.39 is 0 Å². The lowest BCUT2D eigenvalue weighted by atomic mass is 10.2. The number of hydrogen-bond acceptors (Lipinski definition) is 2. The summed E-state index contributed by atoms with van der Waals surface area (Å²) >= 11 is 7.03. The SMILES string of the molecule is CC(C)CNCc1ccc(Oc2ccc(Br)cc2)cc1Br. The number of rotatable bonds is 6. The molecule has 4 heteroatoms. The van der Waals surface area contributed by atoms with Crippen LogP contribution in [0.1, 0.15) is 19.4 Å². The second-order valence-corrected chi connectivity index (χ2v) is 7.10. The maximum Gasteiger partial charge on any atom is 0.128 e. The fourth-order valence-corrected chi connectivity index (χ4v) is 2.63. The van der Waals surface area contributed by atoms with Crippen LogP contribution in [0.3, 0.4) is 0 Å². The van der Waals surface area contributed by atoms with Crippen molar-refractivity contribution in [2.75, 3.05) is 6.54 Å². The molecular formula is C17H19Br2NO. The molecule has 0 aliphatic carbocycles. The van der Waals surface area contributed by atoms with Gasteiger partial charge in [-0.15, -0.1) is 0 Å². The molecule has 0 heterocycles. The van der Waals surface area contributed by atoms with Crippen LogP contribution in [0.5, 0.6) is 11.5 Å². The molecule has 0 saturated carbocycles. The molecule has 0 aliphatic rings. The summed E-state index contributed by atoms with van der Waals surface area (Å²) in [6, 6.07) is 13.9. The van der Waals surface area contributed by atoms with Gasteiger partial charge in [0.15, 0.2) is 0 Å². The van der Waals surface area contributed by atoms with Gasteiger partial charge in [0.2, 0.25) is 0 Å². The largest absolute Gasteiger partial charge is 0.457 e. The van der Waals surface area contributed by atoms with Crippen LogP contribution < -0.4 is 10.1 Å². The molecular weight excluding hydrogens is 394 g/mol. The van der Waals surface area contributed by atoms with Gasteiger partial charge in [-0.05, 0) is 54.4 Å². The summed E-state index contributed by atoms with van der Waals surface area (Å²) in [5.74, 6) is 2.32. The molecule has 21 heavy (non-hydrogen) atoms. The topological polar surface area (TPSA) is 21.3 Å². The van der Waals surface area contributed by atoms with Gasteiger partial charge in [-0.3, -0.25) is 0 Å². The molecule has 0 fully saturated rings. The fraction of sp³-hybridized carbons (Fsp3) is 0.294. The van der Waals surface area contributed by atoms with Crippen LogP contribution in [0.2, 0.25) is 0 Å². The second-order valence-electron chi connectivity index (χ2n) is 5.33. The molecule has 1 N–H and O–H groups in total. The first kappa shape index (κ1) is 16.5. The van der Waals surface area contributed by atoms with Gasteiger partial charge in [0.1, 0.15) is 11.5 Å². The van der Waals surface area contributed by atoms with Crippen molar-refractivity contribution < 1.29 is 4.74 Å². The van der Waals surface area contributed by atoms with Crippen molar-refractivity contribution in [2.24, 2.45) is 5.92 Å². The van der Waals surface area contributed by atoms with Gasteiger partial charge in [-0.25, -0.2) is 0 Å². The summed E-state index contributed by atoms with van der Waals surface area (Å²) in [4.78, 5) is 0. The average molecular weight is 413 g/mol. The van der Waals surface area contributed by atoms with E-state index in [0.29, 0.717) is 5.92 Å². The van der Waals surface area contributed by atoms with Gasteiger partial charge in [0.05, 0.1) is 0 Å². The number of benzene rings is 2. The van der Waals surface area contributed by atoms with Gasteiger partial charge in [-0.1, -0.05) is 51.8 Å². The lowest BCUT2D eigenvalue weighted by molar-refractivity contribution is 0.481. The molecule has 0 bridgehead atoms. The number of nitrogens with one attached hydrogen (secondary N) is 1. The first-order valence-electron chi connectivity index (χ1n) is 6.97. The van der Waals surface area contributed by atoms with Crippen molar-refractivity contribution >= 4 is 31.9 Å². The zero-order valence-electron chi connectivity index (χ0n) is 12.2. The van der Waals surface area contributed by atoms with Gasteiger partial charge in [-0.2, -0.15) is 0 Å². The Morgan fingerprint density at radius 3 is 2.29 bits per heavy atom. The molecule has 0 unspecified atom stereocenters. The molecule has 112 valence electrons. The second kappa shape index (κ2) is 7.97. The molecule has 0 aliphatic heterocycles. The third kappa shape index (κ3) is 5.46. The smallest absolute Gasteiger partial charge is 0.128 e. The summed E-state index contributed by atoms with van der Waals surface area (Å²) in [5, 5.41) is 3.44. The Kier molecular flexibility index (Phi) is 6.27. The van der Waals surface area contributed by atoms with Gasteiger partial charge in [0, 0.05) is 15.5 Å². The van der Waals surface area contributed by atoms with E-state index in [1.54, 1.807) is 0 Å². The van der Waals surface area contributed by atoms with E-state index in [-0.39, 0.29) is 0 Å². The van der Waals surface area contributed by atoms with E-state index >= 15 is 0 Å². The first-order valence-corrected chi connectivity index (χ1v) is 8.56. The van der Waals surface area contributed by atoms with Crippen LogP contribution in [0.15, 0.2) is 51.4 Å². The van der Waals surface area contributed by atoms with Crippen LogP contribution in [-0.4, -0.2) is 6.54 Å². The highest BCUT2D eigenvalue weighted by atomic mass is 79.9. The maximum absolute atomic E-state index is 5.84. The van der Waals surface area contributed by atoms with E-state index in [1.807, 2.05) is 36.4 Å². The zero-order valence-corrected chi connectivity index (χ0v) is 15.4. The Bertz CT molecular complexity index is 582. The van der Waals surface area contributed by atoms with Crippen molar-refractivity contribution in [3.8, 4) is 11.5 Å². The number of ether oxygens (including phenoxy) is 1. The molecule has 2 aromatic carbocycles. The highest BCUT2D eigenvalue weighted by Gasteiger charge is 2.04. The molecule has 0 aromatic heterocycles. The fourth-order valence-electron chi connectivity index (χ4n) is 1.87. The minimum Gasteiger partial charge on any atom is -0.457 e. The van der Waals surface area contributed by atoms with Gasteiger partial charge in [0.25, 0.3) is 0 Å². The third-order valence-electron chi connectivity index (χ3n) is 2.94. The van der Waals surface area contributed by atoms with Crippen molar-refractivity contribution in [1.82, 2.24) is 5.32 Å². The van der Waals surface area contributed by atoms with E-state index in [2.05, 4.69) is 57.1 Å². The molecule has 0 amide bonds. The Morgan fingerprint density at radius 1 is 1.00 bits per heavy atom. The minimum absolute atomic E-state index is 0.656. The number of hydrogen-bond donors (Lipinski definition) is 1. The van der Waals surface area contributed by atoms with Crippen LogP contribution in [-0.2, 0) is 6.54 Å². The molecule has 2 nitrogen and oxygen atoms in total. The molecule has 0 radical (unpaired) electrons. The lowest BCUT2D eigenvalue weighted by Gasteiger charge is -2.11. The van der Waals surface area contributed by atoms with Gasteiger partial charge < -0.3 is 10.1 Å². The molecule has 2 aromatic rings. The molecule has 0 saturated heterocycles. The summed E-state index contributed by atoms with van der Waals surface area (Å²) in [7, 11) is 0. The predicted molar refractivity (Wildman–Crippen MR) is 94.9 cm³/mol. The standard InChI is InChI=1S/C17H19Br2NO/c1-12(2)10-20-11-13-3-6-16(9-17(13)19)21-15-7-4-14(18)5-8-15/h3-9,12,20H,10-11H2,1-2H3. The quantitative estimate of drug-likeness (QED) is 0.652. The summed E-state index contributed by atoms with van der Waals surface area (Å²) < 4.78 is 7.95. The zero-order chi connectivity index (χ0) is 15.2. The first-order chi connectivity index (χ1) is 10.0. The maximum atomic E-state index is 5.84. The van der Waals surface area contributed by atoms with Crippen LogP contribution in [0.25, 0.3) is 0 Å². The Balaban J connectivity index is 1.99. The minimum atomic E-state index is 0.656. The van der Waals surface area contributed by atoms with Crippen molar-refractivity contribution in [3.05, 3.63) is 57.0 Å². The molecule has 2 rings (SSSR count). The normalized spacial score (nSPS) is 10.9. The summed E-state index contributed by atoms with van der Waals surface area (Å²) in [6.45, 7) is 6.29. The van der Waals surface area contributed by atoms with Crippen LogP contribution >= 0.6 is 31.9 Å². The molecule has 0 spiro atoms. The van der Waals surface area contributed by atoms with Crippen LogP contribution in [0.4, 0.5) is 0 Å². The Hall–Kier alpha value is -0.840. The monoisotopic (exact) mass is 411 g/mol. The van der Waals surface area contributed by atoms with E-state index in [1.165, 1.54) is 5.56 Å². The predicted octanol–water partition coefficient (Wildman–Crippen LogP) is 5.75. The van der Waals surface area contributed by atoms with Crippen molar-refractivity contribution in [3.63, 3.8) is 0 Å². The van der Waals surface area contributed by atoms with Crippen molar-refractivity contribution in [2.45, 2.75) is 20.4 Å². The van der Waals surface area contributed by atoms with E-state index in [9.17, 15) is 0 Å². The van der Waals surface area contributed by atoms with E-state index in [0.717, 1.165) is 33.5 Å². The summed E-state index contributed by atoms with van der Waals surface area (Å²) in [6.07, 6.45) is 0.